The Labute approximate surface area is 55.0 Å². The van der Waals surface area contributed by atoms with Crippen molar-refractivity contribution in [3.63, 3.8) is 0 Å². The molecule has 0 bridgehead atoms. The molecule has 0 aromatic heterocycles. The van der Waals surface area contributed by atoms with Crippen molar-refractivity contribution < 1.29 is 4.79 Å². The van der Waals surface area contributed by atoms with Gasteiger partial charge in [-0.15, -0.1) is 0 Å². The summed E-state index contributed by atoms with van der Waals surface area (Å²) in [4.78, 5) is 12.8. The number of carbonyl (C=O) groups is 1. The first-order valence-electron chi connectivity index (χ1n) is 3.15. The van der Waals surface area contributed by atoms with Crippen molar-refractivity contribution in [3.05, 3.63) is 0 Å². The molecule has 0 spiro atoms. The van der Waals surface area contributed by atoms with Crippen molar-refractivity contribution in [2.75, 3.05) is 7.05 Å². The van der Waals surface area contributed by atoms with Gasteiger partial charge in [-0.1, -0.05) is 0 Å². The van der Waals surface area contributed by atoms with E-state index in [-0.39, 0.29) is 18.1 Å². The first-order valence-corrected chi connectivity index (χ1v) is 3.15. The normalized spacial score (nSPS) is 37.0. The van der Waals surface area contributed by atoms with Crippen molar-refractivity contribution in [1.82, 2.24) is 10.2 Å². The number of rotatable bonds is 0. The largest absolute Gasteiger partial charge is 0.339 e. The highest BCUT2D eigenvalue weighted by Gasteiger charge is 2.30. The van der Waals surface area contributed by atoms with Crippen molar-refractivity contribution >= 4 is 5.91 Å². The first kappa shape index (κ1) is 6.55. The summed E-state index contributed by atoms with van der Waals surface area (Å²) in [5, 5.41) is 2.80. The van der Waals surface area contributed by atoms with Gasteiger partial charge >= 0.3 is 0 Å². The minimum Gasteiger partial charge on any atom is -0.339 e. The van der Waals surface area contributed by atoms with Gasteiger partial charge in [0.05, 0.1) is 12.2 Å². The number of nitrogens with one attached hydrogen (secondary N) is 1. The summed E-state index contributed by atoms with van der Waals surface area (Å²) in [5.41, 5.74) is 0. The highest BCUT2D eigenvalue weighted by Crippen LogP contribution is 2.07. The molecule has 3 heteroatoms. The Morgan fingerprint density at radius 2 is 2.11 bits per heavy atom. The zero-order valence-electron chi connectivity index (χ0n) is 6.01. The molecule has 0 radical (unpaired) electrons. The van der Waals surface area contributed by atoms with E-state index < -0.39 is 0 Å². The standard InChI is InChI=1S/C6H12N2O/c1-4-6(9)7-5(2)8(4)3/h4-5H,1-3H3,(H,7,9)/t4-,5+/m0/s1. The number of amides is 1. The second-order valence-electron chi connectivity index (χ2n) is 2.53. The molecule has 0 saturated carbocycles. The first-order chi connectivity index (χ1) is 4.13. The van der Waals surface area contributed by atoms with Crippen LogP contribution in [-0.4, -0.2) is 30.1 Å². The molecular weight excluding hydrogens is 116 g/mol. The zero-order chi connectivity index (χ0) is 7.02. The number of hydrogen-bond acceptors (Lipinski definition) is 2. The quantitative estimate of drug-likeness (QED) is 0.489. The van der Waals surface area contributed by atoms with E-state index in [1.165, 1.54) is 0 Å². The Morgan fingerprint density at radius 3 is 2.22 bits per heavy atom. The van der Waals surface area contributed by atoms with Gasteiger partial charge in [0.15, 0.2) is 0 Å². The van der Waals surface area contributed by atoms with Gasteiger partial charge in [-0.3, -0.25) is 9.69 Å². The maximum atomic E-state index is 10.8. The molecule has 0 aromatic rings. The lowest BCUT2D eigenvalue weighted by atomic mass is 10.3. The lowest BCUT2D eigenvalue weighted by molar-refractivity contribution is -0.120. The van der Waals surface area contributed by atoms with Crippen molar-refractivity contribution in [3.8, 4) is 0 Å². The van der Waals surface area contributed by atoms with Crippen molar-refractivity contribution in [2.45, 2.75) is 26.1 Å². The molecule has 1 amide bonds. The number of nitrogens with zero attached hydrogens (tertiary/aromatic N) is 1. The summed E-state index contributed by atoms with van der Waals surface area (Å²) < 4.78 is 0. The number of likely N-dealkylation sites (N-methyl/N-ethyl adjacent to an activating group) is 1. The summed E-state index contributed by atoms with van der Waals surface area (Å²) in [6.07, 6.45) is 0.201. The Kier molecular flexibility index (Phi) is 1.45. The molecule has 9 heavy (non-hydrogen) atoms. The maximum Gasteiger partial charge on any atom is 0.238 e. The molecule has 0 aliphatic carbocycles. The van der Waals surface area contributed by atoms with Crippen LogP contribution in [0.1, 0.15) is 13.8 Å². The molecule has 1 rings (SSSR count). The molecule has 0 unspecified atom stereocenters. The van der Waals surface area contributed by atoms with E-state index in [1.807, 2.05) is 25.8 Å². The average Bonchev–Trinajstić information content (AvgIpc) is 1.98. The van der Waals surface area contributed by atoms with E-state index in [1.54, 1.807) is 0 Å². The Bertz CT molecular complexity index is 135. The Morgan fingerprint density at radius 1 is 1.56 bits per heavy atom. The van der Waals surface area contributed by atoms with Crippen LogP contribution in [-0.2, 0) is 4.79 Å². The van der Waals surface area contributed by atoms with Crippen LogP contribution in [0.3, 0.4) is 0 Å². The van der Waals surface area contributed by atoms with E-state index in [9.17, 15) is 4.79 Å². The summed E-state index contributed by atoms with van der Waals surface area (Å²) >= 11 is 0. The topological polar surface area (TPSA) is 32.3 Å². The smallest absolute Gasteiger partial charge is 0.238 e. The molecule has 2 atom stereocenters. The van der Waals surface area contributed by atoms with Gasteiger partial charge in [0.1, 0.15) is 0 Å². The Balaban J connectivity index is 2.65. The number of hydrogen-bond donors (Lipinski definition) is 1. The Hall–Kier alpha value is -0.570. The fraction of sp³-hybridized carbons (Fsp3) is 0.833. The van der Waals surface area contributed by atoms with Gasteiger partial charge in [0, 0.05) is 0 Å². The lowest BCUT2D eigenvalue weighted by Gasteiger charge is -2.15. The molecule has 52 valence electrons. The lowest BCUT2D eigenvalue weighted by Crippen LogP contribution is -2.31. The van der Waals surface area contributed by atoms with Crippen LogP contribution in [0.5, 0.6) is 0 Å². The molecule has 1 aliphatic heterocycles. The third-order valence-electron chi connectivity index (χ3n) is 1.95. The van der Waals surface area contributed by atoms with E-state index >= 15 is 0 Å². The monoisotopic (exact) mass is 128 g/mol. The molecular formula is C6H12N2O. The predicted octanol–water partition coefficient (Wildman–Crippen LogP) is -0.218. The van der Waals surface area contributed by atoms with Crippen LogP contribution in [0.15, 0.2) is 0 Å². The van der Waals surface area contributed by atoms with Crippen LogP contribution < -0.4 is 5.32 Å². The highest BCUT2D eigenvalue weighted by atomic mass is 16.2. The van der Waals surface area contributed by atoms with Gasteiger partial charge in [-0.2, -0.15) is 0 Å². The molecule has 1 fully saturated rings. The molecule has 1 N–H and O–H groups in total. The van der Waals surface area contributed by atoms with E-state index in [0.29, 0.717) is 0 Å². The van der Waals surface area contributed by atoms with Gasteiger partial charge in [0.25, 0.3) is 0 Å². The van der Waals surface area contributed by atoms with Crippen LogP contribution in [0.4, 0.5) is 0 Å². The molecule has 3 nitrogen and oxygen atoms in total. The fourth-order valence-electron chi connectivity index (χ4n) is 0.949. The third kappa shape index (κ3) is 0.920. The van der Waals surface area contributed by atoms with Gasteiger partial charge < -0.3 is 5.32 Å². The second-order valence-corrected chi connectivity index (χ2v) is 2.53. The zero-order valence-corrected chi connectivity index (χ0v) is 6.01. The summed E-state index contributed by atoms with van der Waals surface area (Å²) in [5.74, 6) is 0.130. The SMILES string of the molecule is C[C@@H]1NC(=O)[C@H](C)N1C. The van der Waals surface area contributed by atoms with Crippen LogP contribution >= 0.6 is 0 Å². The van der Waals surface area contributed by atoms with Crippen LogP contribution in [0, 0.1) is 0 Å². The van der Waals surface area contributed by atoms with Gasteiger partial charge in [0.2, 0.25) is 5.91 Å². The summed E-state index contributed by atoms with van der Waals surface area (Å²) in [6, 6.07) is 0.0417. The van der Waals surface area contributed by atoms with Gasteiger partial charge in [-0.05, 0) is 20.9 Å². The molecule has 1 aliphatic rings. The van der Waals surface area contributed by atoms with E-state index in [2.05, 4.69) is 5.32 Å². The molecule has 0 aromatic carbocycles. The number of carbonyl (C=O) groups excluding carboxylic acids is 1. The van der Waals surface area contributed by atoms with Gasteiger partial charge in [-0.25, -0.2) is 0 Å². The molecule has 1 saturated heterocycles. The summed E-state index contributed by atoms with van der Waals surface area (Å²) in [7, 11) is 1.94. The second kappa shape index (κ2) is 1.99. The van der Waals surface area contributed by atoms with Crippen molar-refractivity contribution in [2.24, 2.45) is 0 Å². The van der Waals surface area contributed by atoms with Crippen LogP contribution in [0.25, 0.3) is 0 Å². The van der Waals surface area contributed by atoms with Crippen molar-refractivity contribution in [1.29, 1.82) is 0 Å². The predicted molar refractivity (Wildman–Crippen MR) is 34.8 cm³/mol. The molecule has 1 heterocycles. The van der Waals surface area contributed by atoms with Crippen LogP contribution in [0.2, 0.25) is 0 Å². The minimum absolute atomic E-state index is 0.0417. The minimum atomic E-state index is 0.0417. The maximum absolute atomic E-state index is 10.8. The highest BCUT2D eigenvalue weighted by molar-refractivity contribution is 5.83. The third-order valence-corrected chi connectivity index (χ3v) is 1.95. The van der Waals surface area contributed by atoms with E-state index in [0.717, 1.165) is 0 Å². The van der Waals surface area contributed by atoms with E-state index in [4.69, 9.17) is 0 Å². The fourth-order valence-corrected chi connectivity index (χ4v) is 0.949. The average molecular weight is 128 g/mol. The summed E-state index contributed by atoms with van der Waals surface area (Å²) in [6.45, 7) is 3.88.